The third-order valence-electron chi connectivity index (χ3n) is 3.21. The summed E-state index contributed by atoms with van der Waals surface area (Å²) >= 11 is 0. The third-order valence-corrected chi connectivity index (χ3v) is 3.21. The molecule has 1 atom stereocenters. The zero-order chi connectivity index (χ0) is 13.1. The van der Waals surface area contributed by atoms with Crippen molar-refractivity contribution in [1.29, 1.82) is 0 Å². The second kappa shape index (κ2) is 5.18. The van der Waals surface area contributed by atoms with E-state index in [1.807, 2.05) is 25.1 Å². The minimum Gasteiger partial charge on any atom is -0.368 e. The van der Waals surface area contributed by atoms with Gasteiger partial charge < -0.3 is 16.0 Å². The fourth-order valence-electron chi connectivity index (χ4n) is 2.17. The molecule has 0 radical (unpaired) electrons. The molecule has 1 aliphatic rings. The summed E-state index contributed by atoms with van der Waals surface area (Å²) < 4.78 is 0. The molecule has 1 aromatic carbocycles. The lowest BCUT2D eigenvalue weighted by atomic mass is 10.1. The maximum Gasteiger partial charge on any atom is 0.254 e. The van der Waals surface area contributed by atoms with Gasteiger partial charge in [-0.15, -0.1) is 0 Å². The van der Waals surface area contributed by atoms with E-state index in [9.17, 15) is 9.59 Å². The Kier molecular flexibility index (Phi) is 3.62. The van der Waals surface area contributed by atoms with Gasteiger partial charge in [0.05, 0.1) is 0 Å². The standard InChI is InChI=1S/C13H17N3O2/c1-9-4-2-3-5-10(9)13(18)16-7-6-15-8-11(16)12(14)17/h2-5,11,15H,6-8H2,1H3,(H2,14,17). The number of nitrogens with one attached hydrogen (secondary N) is 1. The Balaban J connectivity index is 2.27. The summed E-state index contributed by atoms with van der Waals surface area (Å²) in [6.07, 6.45) is 0. The van der Waals surface area contributed by atoms with Crippen molar-refractivity contribution < 1.29 is 9.59 Å². The average molecular weight is 247 g/mol. The first-order chi connectivity index (χ1) is 8.61. The van der Waals surface area contributed by atoms with Crippen LogP contribution in [0.4, 0.5) is 0 Å². The van der Waals surface area contributed by atoms with E-state index in [1.54, 1.807) is 11.0 Å². The molecule has 0 bridgehead atoms. The summed E-state index contributed by atoms with van der Waals surface area (Å²) in [5, 5.41) is 3.07. The molecule has 1 aromatic rings. The molecule has 5 heteroatoms. The van der Waals surface area contributed by atoms with Crippen LogP contribution in [-0.4, -0.2) is 42.4 Å². The quantitative estimate of drug-likeness (QED) is 0.766. The van der Waals surface area contributed by atoms with Crippen molar-refractivity contribution in [2.24, 2.45) is 5.73 Å². The molecule has 96 valence electrons. The van der Waals surface area contributed by atoms with Gasteiger partial charge in [0.25, 0.3) is 5.91 Å². The molecular weight excluding hydrogens is 230 g/mol. The number of aryl methyl sites for hydroxylation is 1. The molecule has 1 fully saturated rings. The molecule has 2 rings (SSSR count). The van der Waals surface area contributed by atoms with E-state index >= 15 is 0 Å². The molecule has 5 nitrogen and oxygen atoms in total. The van der Waals surface area contributed by atoms with Gasteiger partial charge >= 0.3 is 0 Å². The molecular formula is C13H17N3O2. The van der Waals surface area contributed by atoms with Crippen molar-refractivity contribution in [2.75, 3.05) is 19.6 Å². The van der Waals surface area contributed by atoms with Crippen LogP contribution in [0.2, 0.25) is 0 Å². The van der Waals surface area contributed by atoms with Crippen LogP contribution in [0.1, 0.15) is 15.9 Å². The zero-order valence-corrected chi connectivity index (χ0v) is 10.3. The molecule has 0 saturated carbocycles. The molecule has 1 heterocycles. The highest BCUT2D eigenvalue weighted by atomic mass is 16.2. The molecule has 3 N–H and O–H groups in total. The van der Waals surface area contributed by atoms with E-state index in [4.69, 9.17) is 5.73 Å². The SMILES string of the molecule is Cc1ccccc1C(=O)N1CCNCC1C(N)=O. The van der Waals surface area contributed by atoms with E-state index in [-0.39, 0.29) is 5.91 Å². The smallest absolute Gasteiger partial charge is 0.254 e. The van der Waals surface area contributed by atoms with E-state index < -0.39 is 11.9 Å². The van der Waals surface area contributed by atoms with Crippen LogP contribution in [0.15, 0.2) is 24.3 Å². The highest BCUT2D eigenvalue weighted by Crippen LogP contribution is 2.14. The van der Waals surface area contributed by atoms with Crippen molar-refractivity contribution in [2.45, 2.75) is 13.0 Å². The maximum atomic E-state index is 12.4. The number of benzene rings is 1. The molecule has 1 saturated heterocycles. The van der Waals surface area contributed by atoms with E-state index in [0.717, 1.165) is 5.56 Å². The first-order valence-electron chi connectivity index (χ1n) is 5.98. The number of hydrogen-bond donors (Lipinski definition) is 2. The Morgan fingerprint density at radius 1 is 1.39 bits per heavy atom. The molecule has 1 unspecified atom stereocenters. The largest absolute Gasteiger partial charge is 0.368 e. The van der Waals surface area contributed by atoms with Crippen LogP contribution < -0.4 is 11.1 Å². The lowest BCUT2D eigenvalue weighted by molar-refractivity contribution is -0.122. The van der Waals surface area contributed by atoms with Crippen LogP contribution in [0.5, 0.6) is 0 Å². The van der Waals surface area contributed by atoms with Crippen LogP contribution in [0.25, 0.3) is 0 Å². The Hall–Kier alpha value is -1.88. The number of piperazine rings is 1. The first kappa shape index (κ1) is 12.6. The minimum atomic E-state index is -0.564. The predicted octanol–water partition coefficient (Wildman–Crippen LogP) is -0.106. The maximum absolute atomic E-state index is 12.4. The fraction of sp³-hybridized carbons (Fsp3) is 0.385. The molecule has 0 spiro atoms. The summed E-state index contributed by atoms with van der Waals surface area (Å²) in [7, 11) is 0. The monoisotopic (exact) mass is 247 g/mol. The van der Waals surface area contributed by atoms with E-state index in [0.29, 0.717) is 25.2 Å². The number of primary amides is 1. The summed E-state index contributed by atoms with van der Waals surface area (Å²) in [5.74, 6) is -0.595. The predicted molar refractivity (Wildman–Crippen MR) is 68.1 cm³/mol. The number of nitrogens with two attached hydrogens (primary N) is 1. The number of carbonyl (C=O) groups excluding carboxylic acids is 2. The van der Waals surface area contributed by atoms with Crippen LogP contribution in [-0.2, 0) is 4.79 Å². The van der Waals surface area contributed by atoms with Crippen LogP contribution >= 0.6 is 0 Å². The van der Waals surface area contributed by atoms with Gasteiger partial charge in [-0.1, -0.05) is 18.2 Å². The van der Waals surface area contributed by atoms with E-state index in [2.05, 4.69) is 5.32 Å². The van der Waals surface area contributed by atoms with Gasteiger partial charge in [0.15, 0.2) is 0 Å². The third kappa shape index (κ3) is 2.36. The Morgan fingerprint density at radius 3 is 2.78 bits per heavy atom. The summed E-state index contributed by atoms with van der Waals surface area (Å²) in [5.41, 5.74) is 6.88. The van der Waals surface area contributed by atoms with Gasteiger partial charge in [-0.05, 0) is 18.6 Å². The van der Waals surface area contributed by atoms with Gasteiger partial charge in [-0.3, -0.25) is 9.59 Å². The van der Waals surface area contributed by atoms with Gasteiger partial charge in [-0.2, -0.15) is 0 Å². The lowest BCUT2D eigenvalue weighted by Crippen LogP contribution is -2.58. The van der Waals surface area contributed by atoms with Crippen LogP contribution in [0, 0.1) is 6.92 Å². The normalized spacial score (nSPS) is 19.6. The fourth-order valence-corrected chi connectivity index (χ4v) is 2.17. The highest BCUT2D eigenvalue weighted by Gasteiger charge is 2.31. The Bertz CT molecular complexity index is 473. The number of hydrogen-bond acceptors (Lipinski definition) is 3. The average Bonchev–Trinajstić information content (AvgIpc) is 2.38. The summed E-state index contributed by atoms with van der Waals surface area (Å²) in [6, 6.07) is 6.80. The van der Waals surface area contributed by atoms with Gasteiger partial charge in [-0.25, -0.2) is 0 Å². The Labute approximate surface area is 106 Å². The molecule has 1 aliphatic heterocycles. The van der Waals surface area contributed by atoms with Gasteiger partial charge in [0, 0.05) is 25.2 Å². The summed E-state index contributed by atoms with van der Waals surface area (Å²) in [6.45, 7) is 3.49. The highest BCUT2D eigenvalue weighted by molar-refractivity contribution is 5.98. The number of amides is 2. The van der Waals surface area contributed by atoms with Gasteiger partial charge in [0.1, 0.15) is 6.04 Å². The number of nitrogens with zero attached hydrogens (tertiary/aromatic N) is 1. The summed E-state index contributed by atoms with van der Waals surface area (Å²) in [4.78, 5) is 25.4. The molecule has 0 aromatic heterocycles. The van der Waals surface area contributed by atoms with Crippen molar-refractivity contribution in [3.63, 3.8) is 0 Å². The van der Waals surface area contributed by atoms with Crippen molar-refractivity contribution in [3.05, 3.63) is 35.4 Å². The van der Waals surface area contributed by atoms with Crippen molar-refractivity contribution in [3.8, 4) is 0 Å². The first-order valence-corrected chi connectivity index (χ1v) is 5.98. The van der Waals surface area contributed by atoms with Crippen molar-refractivity contribution >= 4 is 11.8 Å². The number of carbonyl (C=O) groups is 2. The second-order valence-electron chi connectivity index (χ2n) is 4.44. The van der Waals surface area contributed by atoms with E-state index in [1.165, 1.54) is 0 Å². The molecule has 2 amide bonds. The molecule has 0 aliphatic carbocycles. The van der Waals surface area contributed by atoms with Crippen LogP contribution in [0.3, 0.4) is 0 Å². The topological polar surface area (TPSA) is 75.4 Å². The zero-order valence-electron chi connectivity index (χ0n) is 10.3. The lowest BCUT2D eigenvalue weighted by Gasteiger charge is -2.34. The molecule has 18 heavy (non-hydrogen) atoms. The Morgan fingerprint density at radius 2 is 2.11 bits per heavy atom. The number of rotatable bonds is 2. The van der Waals surface area contributed by atoms with Crippen molar-refractivity contribution in [1.82, 2.24) is 10.2 Å². The minimum absolute atomic E-state index is 0.126. The van der Waals surface area contributed by atoms with Gasteiger partial charge in [0.2, 0.25) is 5.91 Å². The second-order valence-corrected chi connectivity index (χ2v) is 4.44.